The number of piperazine rings is 1. The predicted molar refractivity (Wildman–Crippen MR) is 73.5 cm³/mol. The van der Waals surface area contributed by atoms with Crippen molar-refractivity contribution in [2.24, 2.45) is 5.73 Å². The minimum absolute atomic E-state index is 0.129. The Labute approximate surface area is 121 Å². The number of anilines is 1. The van der Waals surface area contributed by atoms with E-state index < -0.39 is 12.0 Å². The molecule has 3 N–H and O–H groups in total. The molecule has 21 heavy (non-hydrogen) atoms. The van der Waals surface area contributed by atoms with E-state index in [4.69, 9.17) is 15.6 Å². The van der Waals surface area contributed by atoms with Gasteiger partial charge in [-0.05, 0) is 6.92 Å². The van der Waals surface area contributed by atoms with Crippen LogP contribution in [0.15, 0.2) is 6.20 Å². The van der Waals surface area contributed by atoms with Crippen LogP contribution in [0.2, 0.25) is 0 Å². The maximum absolute atomic E-state index is 11.3. The van der Waals surface area contributed by atoms with Crippen LogP contribution >= 0.6 is 0 Å². The van der Waals surface area contributed by atoms with E-state index in [1.807, 2.05) is 4.90 Å². The summed E-state index contributed by atoms with van der Waals surface area (Å²) in [4.78, 5) is 33.6. The number of ether oxygens (including phenoxy) is 1. The first-order valence-corrected chi connectivity index (χ1v) is 6.55. The van der Waals surface area contributed by atoms with Crippen LogP contribution in [0.4, 0.5) is 10.7 Å². The van der Waals surface area contributed by atoms with E-state index in [1.54, 1.807) is 6.92 Å². The summed E-state index contributed by atoms with van der Waals surface area (Å²) < 4.78 is 5.31. The first-order valence-electron chi connectivity index (χ1n) is 6.55. The van der Waals surface area contributed by atoms with Gasteiger partial charge in [-0.2, -0.15) is 4.98 Å². The Morgan fingerprint density at radius 3 is 2.57 bits per heavy atom. The van der Waals surface area contributed by atoms with Crippen molar-refractivity contribution in [2.75, 3.05) is 37.7 Å². The molecule has 114 valence electrons. The van der Waals surface area contributed by atoms with Gasteiger partial charge in [-0.15, -0.1) is 0 Å². The number of carbonyl (C=O) groups is 2. The van der Waals surface area contributed by atoms with Crippen molar-refractivity contribution in [1.82, 2.24) is 14.9 Å². The van der Waals surface area contributed by atoms with Gasteiger partial charge in [0.15, 0.2) is 0 Å². The molecular weight excluding hydrogens is 278 g/mol. The number of carbonyl (C=O) groups excluding carboxylic acids is 1. The molecule has 2 rings (SSSR count). The minimum Gasteiger partial charge on any atom is -0.477 e. The maximum atomic E-state index is 11.3. The molecule has 0 spiro atoms. The smallest absolute Gasteiger partial charge is 0.407 e. The number of hydrogen-bond acceptors (Lipinski definition) is 6. The number of nitrogens with two attached hydrogens (primary N) is 1. The van der Waals surface area contributed by atoms with Gasteiger partial charge in [0.05, 0.1) is 6.61 Å². The SMILES string of the molecule is CCOc1nc(N2CCN(C(=O)O)CC2)ncc1C(N)=O. The molecule has 0 saturated carbocycles. The Morgan fingerprint density at radius 2 is 2.05 bits per heavy atom. The molecule has 0 atom stereocenters. The van der Waals surface area contributed by atoms with Crippen LogP contribution in [-0.2, 0) is 0 Å². The van der Waals surface area contributed by atoms with Crippen LogP contribution in [0, 0.1) is 0 Å². The Bertz CT molecular complexity index is 542. The average molecular weight is 295 g/mol. The topological polar surface area (TPSA) is 122 Å². The second-order valence-electron chi connectivity index (χ2n) is 4.44. The summed E-state index contributed by atoms with van der Waals surface area (Å²) in [6.45, 7) is 3.84. The molecule has 1 fully saturated rings. The van der Waals surface area contributed by atoms with Gasteiger partial charge < -0.3 is 25.4 Å². The van der Waals surface area contributed by atoms with E-state index in [2.05, 4.69) is 9.97 Å². The molecule has 2 heterocycles. The van der Waals surface area contributed by atoms with E-state index >= 15 is 0 Å². The molecule has 0 radical (unpaired) electrons. The van der Waals surface area contributed by atoms with Crippen LogP contribution < -0.4 is 15.4 Å². The quantitative estimate of drug-likeness (QED) is 0.787. The Kier molecular flexibility index (Phi) is 4.41. The van der Waals surface area contributed by atoms with Crippen molar-refractivity contribution in [3.8, 4) is 5.88 Å². The summed E-state index contributed by atoms with van der Waals surface area (Å²) in [6.07, 6.45) is 0.397. The number of primary amides is 1. The zero-order valence-electron chi connectivity index (χ0n) is 11.7. The highest BCUT2D eigenvalue weighted by Gasteiger charge is 2.23. The van der Waals surface area contributed by atoms with Crippen LogP contribution in [0.1, 0.15) is 17.3 Å². The Hall–Kier alpha value is -2.58. The molecule has 9 heteroatoms. The van der Waals surface area contributed by atoms with Gasteiger partial charge in [-0.3, -0.25) is 4.79 Å². The van der Waals surface area contributed by atoms with E-state index in [0.717, 1.165) is 0 Å². The number of rotatable bonds is 4. The summed E-state index contributed by atoms with van der Waals surface area (Å²) in [6, 6.07) is 0. The molecular formula is C12H17N5O4. The minimum atomic E-state index is -0.936. The lowest BCUT2D eigenvalue weighted by Gasteiger charge is -2.33. The van der Waals surface area contributed by atoms with Gasteiger partial charge in [0.1, 0.15) is 5.56 Å². The summed E-state index contributed by atoms with van der Waals surface area (Å²) >= 11 is 0. The van der Waals surface area contributed by atoms with Crippen LogP contribution in [0.25, 0.3) is 0 Å². The normalized spacial score (nSPS) is 14.9. The van der Waals surface area contributed by atoms with Gasteiger partial charge in [-0.1, -0.05) is 0 Å². The van der Waals surface area contributed by atoms with E-state index in [9.17, 15) is 9.59 Å². The molecule has 1 aliphatic rings. The number of carboxylic acid groups (broad SMARTS) is 1. The van der Waals surface area contributed by atoms with Crippen LogP contribution in [0.5, 0.6) is 5.88 Å². The van der Waals surface area contributed by atoms with Crippen molar-refractivity contribution in [3.63, 3.8) is 0 Å². The summed E-state index contributed by atoms with van der Waals surface area (Å²) in [5.74, 6) is -0.107. The molecule has 0 unspecified atom stereocenters. The van der Waals surface area contributed by atoms with Crippen molar-refractivity contribution in [3.05, 3.63) is 11.8 Å². The summed E-state index contributed by atoms with van der Waals surface area (Å²) in [7, 11) is 0. The number of nitrogens with zero attached hydrogens (tertiary/aromatic N) is 4. The second kappa shape index (κ2) is 6.25. The van der Waals surface area contributed by atoms with Gasteiger partial charge in [0.25, 0.3) is 5.91 Å². The second-order valence-corrected chi connectivity index (χ2v) is 4.44. The first-order chi connectivity index (χ1) is 10.0. The molecule has 1 saturated heterocycles. The van der Waals surface area contributed by atoms with Crippen molar-refractivity contribution in [2.45, 2.75) is 6.92 Å². The molecule has 0 aliphatic carbocycles. The monoisotopic (exact) mass is 295 g/mol. The molecule has 2 amide bonds. The zero-order valence-corrected chi connectivity index (χ0v) is 11.7. The number of aromatic nitrogens is 2. The third-order valence-electron chi connectivity index (χ3n) is 3.12. The van der Waals surface area contributed by atoms with Crippen molar-refractivity contribution >= 4 is 17.9 Å². The van der Waals surface area contributed by atoms with Gasteiger partial charge in [0.2, 0.25) is 11.8 Å². The highest BCUT2D eigenvalue weighted by Crippen LogP contribution is 2.19. The fraction of sp³-hybridized carbons (Fsp3) is 0.500. The number of hydrogen-bond donors (Lipinski definition) is 2. The third-order valence-corrected chi connectivity index (χ3v) is 3.12. The third kappa shape index (κ3) is 3.30. The average Bonchev–Trinajstić information content (AvgIpc) is 2.47. The summed E-state index contributed by atoms with van der Waals surface area (Å²) in [5, 5.41) is 8.91. The molecule has 0 aromatic carbocycles. The lowest BCUT2D eigenvalue weighted by Crippen LogP contribution is -2.48. The highest BCUT2D eigenvalue weighted by molar-refractivity contribution is 5.94. The Morgan fingerprint density at radius 1 is 1.38 bits per heavy atom. The highest BCUT2D eigenvalue weighted by atomic mass is 16.5. The molecule has 1 aromatic rings. The standard InChI is InChI=1S/C12H17N5O4/c1-2-21-10-8(9(13)18)7-14-11(15-10)16-3-5-17(6-4-16)12(19)20/h7H,2-6H2,1H3,(H2,13,18)(H,19,20). The Balaban J connectivity index is 2.16. The molecule has 1 aromatic heterocycles. The van der Waals surface area contributed by atoms with Gasteiger partial charge in [0, 0.05) is 32.4 Å². The maximum Gasteiger partial charge on any atom is 0.407 e. The number of amides is 2. The largest absolute Gasteiger partial charge is 0.477 e. The van der Waals surface area contributed by atoms with Crippen molar-refractivity contribution < 1.29 is 19.4 Å². The van der Waals surface area contributed by atoms with Gasteiger partial charge >= 0.3 is 6.09 Å². The zero-order chi connectivity index (χ0) is 15.4. The molecule has 0 bridgehead atoms. The lowest BCUT2D eigenvalue weighted by molar-refractivity contribution is 0.0995. The van der Waals surface area contributed by atoms with Crippen LogP contribution in [-0.4, -0.2) is 64.8 Å². The lowest BCUT2D eigenvalue weighted by atomic mass is 10.3. The van der Waals surface area contributed by atoms with E-state index in [1.165, 1.54) is 11.1 Å². The first kappa shape index (κ1) is 14.8. The van der Waals surface area contributed by atoms with E-state index in [0.29, 0.717) is 38.7 Å². The van der Waals surface area contributed by atoms with Crippen molar-refractivity contribution in [1.29, 1.82) is 0 Å². The van der Waals surface area contributed by atoms with E-state index in [-0.39, 0.29) is 11.4 Å². The van der Waals surface area contributed by atoms with Gasteiger partial charge in [-0.25, -0.2) is 9.78 Å². The predicted octanol–water partition coefficient (Wildman–Crippen LogP) is -0.226. The fourth-order valence-corrected chi connectivity index (χ4v) is 2.02. The van der Waals surface area contributed by atoms with Crippen LogP contribution in [0.3, 0.4) is 0 Å². The fourth-order valence-electron chi connectivity index (χ4n) is 2.02. The molecule has 1 aliphatic heterocycles. The molecule has 9 nitrogen and oxygen atoms in total. The summed E-state index contributed by atoms with van der Waals surface area (Å²) in [5.41, 5.74) is 5.37.